The van der Waals surface area contributed by atoms with Crippen molar-refractivity contribution in [2.45, 2.75) is 25.9 Å². The molecule has 1 fully saturated rings. The van der Waals surface area contributed by atoms with E-state index < -0.39 is 11.0 Å². The number of pyridine rings is 1. The Hall–Kier alpha value is -4.31. The number of nitrogens with one attached hydrogen (secondary N) is 1. The molecule has 1 saturated heterocycles. The lowest BCUT2D eigenvalue weighted by Crippen LogP contribution is -2.30. The molecule has 1 aliphatic heterocycles. The summed E-state index contributed by atoms with van der Waals surface area (Å²) in [5.41, 5.74) is 4.38. The molecular formula is C27H24FN5O3S. The van der Waals surface area contributed by atoms with Crippen LogP contribution in [0.1, 0.15) is 34.7 Å². The highest BCUT2D eigenvalue weighted by molar-refractivity contribution is 7.80. The number of hydrogen-bond donors (Lipinski definition) is 1. The SMILES string of the molecule is COc1cc([N+](=O)[O-])ccc1-n1c(C)cc([C@@H]2[C@H](c3ccccn3)NC(=S)N2c2ccccc2F)c1C. The predicted molar refractivity (Wildman–Crippen MR) is 143 cm³/mol. The van der Waals surface area contributed by atoms with Crippen LogP contribution in [-0.4, -0.2) is 26.7 Å². The van der Waals surface area contributed by atoms with Crippen LogP contribution < -0.4 is 15.0 Å². The fourth-order valence-electron chi connectivity index (χ4n) is 5.00. The lowest BCUT2D eigenvalue weighted by Gasteiger charge is -2.28. The second-order valence-electron chi connectivity index (χ2n) is 8.72. The summed E-state index contributed by atoms with van der Waals surface area (Å²) in [4.78, 5) is 17.2. The summed E-state index contributed by atoms with van der Waals surface area (Å²) < 4.78 is 22.6. The zero-order chi connectivity index (χ0) is 26.3. The van der Waals surface area contributed by atoms with Crippen LogP contribution in [0.25, 0.3) is 5.69 Å². The Labute approximate surface area is 218 Å². The third-order valence-corrected chi connectivity index (χ3v) is 6.93. The summed E-state index contributed by atoms with van der Waals surface area (Å²) in [5.74, 6) is -0.0148. The fourth-order valence-corrected chi connectivity index (χ4v) is 5.34. The first kappa shape index (κ1) is 24.4. The highest BCUT2D eigenvalue weighted by Gasteiger charge is 2.43. The van der Waals surface area contributed by atoms with Gasteiger partial charge in [0.05, 0.1) is 47.3 Å². The standard InChI is InChI=1S/C27H24FN5O3S/c1-16-14-19(17(2)31(16)23-12-11-18(33(34)35)15-24(23)36-3)26-25(21-9-6-7-13-29-21)30-27(37)32(26)22-10-5-4-8-20(22)28/h4-15,25-26H,1-3H3,(H,30,37)/t25-,26+/m0/s1. The highest BCUT2D eigenvalue weighted by Crippen LogP contribution is 2.45. The minimum absolute atomic E-state index is 0.0606. The number of aryl methyl sites for hydroxylation is 1. The molecule has 188 valence electrons. The third-order valence-electron chi connectivity index (χ3n) is 6.61. The monoisotopic (exact) mass is 517 g/mol. The van der Waals surface area contributed by atoms with E-state index >= 15 is 4.39 Å². The van der Waals surface area contributed by atoms with Crippen LogP contribution in [-0.2, 0) is 0 Å². The van der Waals surface area contributed by atoms with E-state index in [-0.39, 0.29) is 17.5 Å². The van der Waals surface area contributed by atoms with Crippen molar-refractivity contribution in [2.75, 3.05) is 12.0 Å². The van der Waals surface area contributed by atoms with Crippen LogP contribution in [0.2, 0.25) is 0 Å². The maximum absolute atomic E-state index is 15.1. The number of hydrogen-bond acceptors (Lipinski definition) is 5. The number of aromatic nitrogens is 2. The Balaban J connectivity index is 1.70. The van der Waals surface area contributed by atoms with E-state index in [0.717, 1.165) is 22.6 Å². The molecule has 2 aromatic carbocycles. The molecule has 0 unspecified atom stereocenters. The van der Waals surface area contributed by atoms with Crippen molar-refractivity contribution in [3.63, 3.8) is 0 Å². The number of thiocarbonyl (C=S) groups is 1. The molecule has 37 heavy (non-hydrogen) atoms. The van der Waals surface area contributed by atoms with Gasteiger partial charge in [0.15, 0.2) is 5.11 Å². The Kier molecular flexibility index (Phi) is 6.34. The predicted octanol–water partition coefficient (Wildman–Crippen LogP) is 5.72. The summed E-state index contributed by atoms with van der Waals surface area (Å²) in [6.45, 7) is 3.90. The van der Waals surface area contributed by atoms with Crippen LogP contribution in [0, 0.1) is 29.8 Å². The number of nitro groups is 1. The summed E-state index contributed by atoms with van der Waals surface area (Å²) in [5, 5.41) is 15.1. The Morgan fingerprint density at radius 3 is 2.51 bits per heavy atom. The zero-order valence-corrected chi connectivity index (χ0v) is 21.2. The molecule has 10 heteroatoms. The number of ether oxygens (including phenoxy) is 1. The van der Waals surface area contributed by atoms with Crippen molar-refractivity contribution in [3.05, 3.63) is 112 Å². The second-order valence-corrected chi connectivity index (χ2v) is 9.11. The molecule has 2 aromatic heterocycles. The van der Waals surface area contributed by atoms with E-state index in [1.54, 1.807) is 35.4 Å². The first-order valence-electron chi connectivity index (χ1n) is 11.6. The number of para-hydroxylation sites is 1. The minimum atomic E-state index is -0.456. The largest absolute Gasteiger partial charge is 0.494 e. The van der Waals surface area contributed by atoms with Crippen molar-refractivity contribution in [3.8, 4) is 11.4 Å². The zero-order valence-electron chi connectivity index (χ0n) is 20.4. The summed E-state index contributed by atoms with van der Waals surface area (Å²) in [7, 11) is 1.48. The second kappa shape index (κ2) is 9.62. The molecule has 0 amide bonds. The van der Waals surface area contributed by atoms with Gasteiger partial charge in [-0.05, 0) is 68.0 Å². The quantitative estimate of drug-likeness (QED) is 0.199. The maximum atomic E-state index is 15.1. The van der Waals surface area contributed by atoms with Crippen molar-refractivity contribution in [2.24, 2.45) is 0 Å². The Morgan fingerprint density at radius 2 is 1.84 bits per heavy atom. The molecule has 0 saturated carbocycles. The molecule has 3 heterocycles. The van der Waals surface area contributed by atoms with Crippen LogP contribution in [0.4, 0.5) is 15.8 Å². The van der Waals surface area contributed by atoms with Gasteiger partial charge in [0.25, 0.3) is 5.69 Å². The van der Waals surface area contributed by atoms with Gasteiger partial charge in [-0.1, -0.05) is 18.2 Å². The number of nitro benzene ring substituents is 1. The number of anilines is 1. The van der Waals surface area contributed by atoms with E-state index in [1.165, 1.54) is 25.3 Å². The first-order valence-corrected chi connectivity index (χ1v) is 12.0. The minimum Gasteiger partial charge on any atom is -0.494 e. The van der Waals surface area contributed by atoms with Crippen molar-refractivity contribution in [1.29, 1.82) is 0 Å². The van der Waals surface area contributed by atoms with Crippen LogP contribution in [0.3, 0.4) is 0 Å². The van der Waals surface area contributed by atoms with E-state index in [9.17, 15) is 10.1 Å². The van der Waals surface area contributed by atoms with Crippen molar-refractivity contribution in [1.82, 2.24) is 14.9 Å². The molecule has 0 spiro atoms. The molecule has 1 N–H and O–H groups in total. The lowest BCUT2D eigenvalue weighted by molar-refractivity contribution is -0.384. The van der Waals surface area contributed by atoms with Gasteiger partial charge in [-0.15, -0.1) is 0 Å². The van der Waals surface area contributed by atoms with E-state index in [2.05, 4.69) is 10.3 Å². The van der Waals surface area contributed by atoms with Crippen LogP contribution in [0.15, 0.2) is 72.9 Å². The molecule has 5 rings (SSSR count). The van der Waals surface area contributed by atoms with Gasteiger partial charge >= 0.3 is 0 Å². The molecule has 2 atom stereocenters. The average Bonchev–Trinajstić information content (AvgIpc) is 3.39. The van der Waals surface area contributed by atoms with E-state index in [1.807, 2.05) is 42.7 Å². The number of methoxy groups -OCH3 is 1. The van der Waals surface area contributed by atoms with Gasteiger partial charge in [-0.25, -0.2) is 4.39 Å². The normalized spacial score (nSPS) is 17.1. The van der Waals surface area contributed by atoms with E-state index in [4.69, 9.17) is 17.0 Å². The Bertz CT molecular complexity index is 1510. The highest BCUT2D eigenvalue weighted by atomic mass is 32.1. The van der Waals surface area contributed by atoms with Gasteiger partial charge in [0, 0.05) is 23.7 Å². The van der Waals surface area contributed by atoms with Gasteiger partial charge in [0.2, 0.25) is 0 Å². The van der Waals surface area contributed by atoms with Gasteiger partial charge in [-0.2, -0.15) is 0 Å². The topological polar surface area (TPSA) is 85.5 Å². The first-order chi connectivity index (χ1) is 17.8. The third kappa shape index (κ3) is 4.19. The summed E-state index contributed by atoms with van der Waals surface area (Å²) in [6, 6.07) is 18.0. The van der Waals surface area contributed by atoms with Crippen molar-refractivity contribution < 1.29 is 14.1 Å². The molecule has 8 nitrogen and oxygen atoms in total. The van der Waals surface area contributed by atoms with Crippen LogP contribution >= 0.6 is 12.2 Å². The number of nitrogens with zero attached hydrogens (tertiary/aromatic N) is 4. The molecule has 0 radical (unpaired) electrons. The number of rotatable bonds is 6. The fraction of sp³-hybridized carbons (Fsp3) is 0.185. The molecule has 4 aromatic rings. The summed E-state index contributed by atoms with van der Waals surface area (Å²) in [6.07, 6.45) is 1.72. The molecule has 0 aliphatic carbocycles. The maximum Gasteiger partial charge on any atom is 0.273 e. The Morgan fingerprint density at radius 1 is 1.08 bits per heavy atom. The van der Waals surface area contributed by atoms with E-state index in [0.29, 0.717) is 22.2 Å². The number of non-ortho nitro benzene ring substituents is 1. The molecule has 0 bridgehead atoms. The lowest BCUT2D eigenvalue weighted by atomic mass is 9.96. The smallest absolute Gasteiger partial charge is 0.273 e. The van der Waals surface area contributed by atoms with Gasteiger partial charge in [0.1, 0.15) is 11.6 Å². The number of halogens is 1. The van der Waals surface area contributed by atoms with Crippen molar-refractivity contribution >= 4 is 28.7 Å². The summed E-state index contributed by atoms with van der Waals surface area (Å²) >= 11 is 5.72. The molecular weight excluding hydrogens is 493 g/mol. The number of benzene rings is 2. The molecule has 1 aliphatic rings. The van der Waals surface area contributed by atoms with Crippen LogP contribution in [0.5, 0.6) is 5.75 Å². The van der Waals surface area contributed by atoms with Gasteiger partial charge < -0.3 is 19.5 Å². The average molecular weight is 518 g/mol. The van der Waals surface area contributed by atoms with Gasteiger partial charge in [-0.3, -0.25) is 15.1 Å².